The fraction of sp³-hybridized carbons (Fsp3) is 0.400. The van der Waals surface area contributed by atoms with Crippen molar-refractivity contribution in [2.45, 2.75) is 33.2 Å². The highest BCUT2D eigenvalue weighted by Gasteiger charge is 2.20. The minimum atomic E-state index is -0.514. The molecule has 0 aliphatic carbocycles. The molecule has 1 atom stereocenters. The van der Waals surface area contributed by atoms with Crippen molar-refractivity contribution in [1.82, 2.24) is 14.3 Å². The van der Waals surface area contributed by atoms with Gasteiger partial charge in [0.25, 0.3) is 5.56 Å². The number of methoxy groups -OCH3 is 1. The summed E-state index contributed by atoms with van der Waals surface area (Å²) in [5.41, 5.74) is 8.59. The first-order valence-electron chi connectivity index (χ1n) is 11.5. The molecule has 0 unspecified atom stereocenters. The number of nitrogen functional groups attached to an aromatic ring is 1. The number of nitrogens with two attached hydrogens (primary N) is 1. The van der Waals surface area contributed by atoms with E-state index in [1.54, 1.807) is 17.9 Å². The average molecular weight is 546 g/mol. The number of esters is 1. The molecule has 0 fully saturated rings. The predicted octanol–water partition coefficient (Wildman–Crippen LogP) is 4.31. The fourth-order valence-corrected chi connectivity index (χ4v) is 4.10. The summed E-state index contributed by atoms with van der Waals surface area (Å²) in [7, 11) is 2.90. The number of rotatable bonds is 11. The number of nitrogens with zero attached hydrogens (tertiary/aromatic N) is 3. The molecule has 0 aliphatic heterocycles. The van der Waals surface area contributed by atoms with Crippen LogP contribution in [-0.2, 0) is 18.3 Å². The topological polar surface area (TPSA) is 113 Å². The Morgan fingerprint density at radius 3 is 2.77 bits per heavy atom. The largest absolute Gasteiger partial charge is 0.477 e. The summed E-state index contributed by atoms with van der Waals surface area (Å²) >= 11 is 3.47. The molecule has 0 amide bonds. The van der Waals surface area contributed by atoms with Crippen molar-refractivity contribution in [2.75, 3.05) is 31.3 Å². The molecular weight excluding hydrogens is 514 g/mol. The number of benzene rings is 1. The first kappa shape index (κ1) is 26.3. The lowest BCUT2D eigenvalue weighted by Crippen LogP contribution is -2.21. The van der Waals surface area contributed by atoms with Crippen LogP contribution in [0, 0.1) is 5.92 Å². The van der Waals surface area contributed by atoms with Gasteiger partial charge in [-0.3, -0.25) is 4.79 Å². The number of carbonyl (C=O) groups excluding carboxylic acids is 1. The van der Waals surface area contributed by atoms with Gasteiger partial charge in [0.05, 0.1) is 48.0 Å². The van der Waals surface area contributed by atoms with Crippen LogP contribution in [0.2, 0.25) is 0 Å². The van der Waals surface area contributed by atoms with Gasteiger partial charge in [0.2, 0.25) is 5.88 Å². The van der Waals surface area contributed by atoms with Crippen LogP contribution in [0.3, 0.4) is 0 Å². The highest BCUT2D eigenvalue weighted by molar-refractivity contribution is 9.10. The Morgan fingerprint density at radius 1 is 1.29 bits per heavy atom. The molecule has 0 saturated heterocycles. The summed E-state index contributed by atoms with van der Waals surface area (Å²) in [5, 5.41) is 7.77. The molecule has 35 heavy (non-hydrogen) atoms. The Hall–Kier alpha value is -3.27. The van der Waals surface area contributed by atoms with E-state index < -0.39 is 5.97 Å². The molecule has 9 nitrogen and oxygen atoms in total. The zero-order valence-electron chi connectivity index (χ0n) is 20.5. The Balaban J connectivity index is 1.65. The van der Waals surface area contributed by atoms with Gasteiger partial charge in [-0.2, -0.15) is 5.10 Å². The molecule has 2 aromatic heterocycles. The molecule has 1 aromatic carbocycles. The summed E-state index contributed by atoms with van der Waals surface area (Å²) in [6.45, 7) is 5.97. The number of carbonyl (C=O) groups is 1. The Labute approximate surface area is 213 Å². The molecule has 0 saturated carbocycles. The standard InChI is InChI=1S/C25H32BrN5O4/c1-5-31-24(20(14-29-31)19-11-17(25(33)34-4)15-30(3)23(19)32)35-10-6-7-16(2)13-28-22-12-18(26)8-9-21(22)27/h8-9,11-12,14-16,28H,5-7,10,13,27H2,1-4H3/t16-/m1/s1. The van der Waals surface area contributed by atoms with E-state index in [0.29, 0.717) is 41.8 Å². The van der Waals surface area contributed by atoms with Crippen LogP contribution in [0.5, 0.6) is 5.88 Å². The SMILES string of the molecule is CCn1ncc(-c2cc(C(=O)OC)cn(C)c2=O)c1OCCC[C@@H](C)CNc1cc(Br)ccc1N. The molecule has 0 radical (unpaired) electrons. The van der Waals surface area contributed by atoms with Gasteiger partial charge in [-0.05, 0) is 49.9 Å². The molecule has 3 rings (SSSR count). The van der Waals surface area contributed by atoms with Crippen molar-refractivity contribution < 1.29 is 14.3 Å². The lowest BCUT2D eigenvalue weighted by Gasteiger charge is -2.16. The lowest BCUT2D eigenvalue weighted by molar-refractivity contribution is 0.0599. The molecule has 0 spiro atoms. The zero-order chi connectivity index (χ0) is 25.5. The van der Waals surface area contributed by atoms with Gasteiger partial charge in [0.15, 0.2) is 0 Å². The normalized spacial score (nSPS) is 11.8. The molecule has 0 aliphatic rings. The smallest absolute Gasteiger partial charge is 0.339 e. The van der Waals surface area contributed by atoms with E-state index >= 15 is 0 Å². The van der Waals surface area contributed by atoms with Crippen LogP contribution >= 0.6 is 15.9 Å². The minimum absolute atomic E-state index is 0.246. The number of nitrogens with one attached hydrogen (secondary N) is 1. The summed E-state index contributed by atoms with van der Waals surface area (Å²) in [5.74, 6) is 0.398. The van der Waals surface area contributed by atoms with E-state index in [1.165, 1.54) is 23.9 Å². The highest BCUT2D eigenvalue weighted by atomic mass is 79.9. The number of aromatic nitrogens is 3. The maximum absolute atomic E-state index is 12.8. The first-order chi connectivity index (χ1) is 16.7. The average Bonchev–Trinajstić information content (AvgIpc) is 3.26. The number of hydrogen-bond acceptors (Lipinski definition) is 7. The van der Waals surface area contributed by atoms with Gasteiger partial charge in [-0.25, -0.2) is 9.48 Å². The van der Waals surface area contributed by atoms with E-state index in [0.717, 1.165) is 29.5 Å². The lowest BCUT2D eigenvalue weighted by atomic mass is 10.1. The molecule has 2 heterocycles. The van der Waals surface area contributed by atoms with Crippen LogP contribution in [-0.4, -0.2) is 40.6 Å². The Kier molecular flexibility index (Phi) is 8.97. The summed E-state index contributed by atoms with van der Waals surface area (Å²) in [4.78, 5) is 24.9. The highest BCUT2D eigenvalue weighted by Crippen LogP contribution is 2.29. The Bertz CT molecular complexity index is 1240. The molecule has 0 bridgehead atoms. The van der Waals surface area contributed by atoms with Crippen molar-refractivity contribution in [3.63, 3.8) is 0 Å². The molecule has 10 heteroatoms. The van der Waals surface area contributed by atoms with Gasteiger partial charge in [-0.15, -0.1) is 0 Å². The van der Waals surface area contributed by atoms with Crippen LogP contribution < -0.4 is 21.3 Å². The number of anilines is 2. The molecule has 3 N–H and O–H groups in total. The summed E-state index contributed by atoms with van der Waals surface area (Å²) < 4.78 is 15.0. The number of halogens is 1. The van der Waals surface area contributed by atoms with Crippen LogP contribution in [0.1, 0.15) is 37.0 Å². The molecule has 188 valence electrons. The number of ether oxygens (including phenoxy) is 2. The Morgan fingerprint density at radius 2 is 2.06 bits per heavy atom. The maximum Gasteiger partial charge on any atom is 0.339 e. The van der Waals surface area contributed by atoms with Crippen LogP contribution in [0.15, 0.2) is 45.9 Å². The second kappa shape index (κ2) is 11.9. The molecule has 3 aromatic rings. The van der Waals surface area contributed by atoms with Crippen molar-refractivity contribution in [1.29, 1.82) is 0 Å². The first-order valence-corrected chi connectivity index (χ1v) is 12.3. The van der Waals surface area contributed by atoms with Gasteiger partial charge < -0.3 is 25.1 Å². The predicted molar refractivity (Wildman–Crippen MR) is 141 cm³/mol. The third-order valence-electron chi connectivity index (χ3n) is 5.72. The maximum atomic E-state index is 12.8. The van der Waals surface area contributed by atoms with Crippen LogP contribution in [0.25, 0.3) is 11.1 Å². The summed E-state index contributed by atoms with van der Waals surface area (Å²) in [6, 6.07) is 7.28. The number of pyridine rings is 1. The number of aryl methyl sites for hydroxylation is 2. The summed E-state index contributed by atoms with van der Waals surface area (Å²) in [6.07, 6.45) is 4.83. The van der Waals surface area contributed by atoms with Crippen molar-refractivity contribution in [3.05, 3.63) is 57.0 Å². The third kappa shape index (κ3) is 6.45. The van der Waals surface area contributed by atoms with Gasteiger partial charge in [0, 0.05) is 30.8 Å². The second-order valence-electron chi connectivity index (χ2n) is 8.44. The van der Waals surface area contributed by atoms with Gasteiger partial charge in [0.1, 0.15) is 0 Å². The van der Waals surface area contributed by atoms with Gasteiger partial charge in [-0.1, -0.05) is 22.9 Å². The molecular formula is C25H32BrN5O4. The van der Waals surface area contributed by atoms with E-state index in [-0.39, 0.29) is 11.1 Å². The number of hydrogen-bond donors (Lipinski definition) is 2. The fourth-order valence-electron chi connectivity index (χ4n) is 3.74. The van der Waals surface area contributed by atoms with E-state index in [4.69, 9.17) is 15.2 Å². The van der Waals surface area contributed by atoms with Crippen molar-refractivity contribution >= 4 is 33.3 Å². The minimum Gasteiger partial charge on any atom is -0.477 e. The second-order valence-corrected chi connectivity index (χ2v) is 9.35. The quantitative estimate of drug-likeness (QED) is 0.209. The van der Waals surface area contributed by atoms with Crippen LogP contribution in [0.4, 0.5) is 11.4 Å². The third-order valence-corrected chi connectivity index (χ3v) is 6.21. The zero-order valence-corrected chi connectivity index (χ0v) is 22.1. The van der Waals surface area contributed by atoms with E-state index in [1.807, 2.05) is 25.1 Å². The monoisotopic (exact) mass is 545 g/mol. The van der Waals surface area contributed by atoms with Crippen molar-refractivity contribution in [2.24, 2.45) is 13.0 Å². The van der Waals surface area contributed by atoms with Gasteiger partial charge >= 0.3 is 5.97 Å². The van der Waals surface area contributed by atoms with Crippen molar-refractivity contribution in [3.8, 4) is 17.0 Å². The van der Waals surface area contributed by atoms with E-state index in [9.17, 15) is 9.59 Å². The van der Waals surface area contributed by atoms with E-state index in [2.05, 4.69) is 33.3 Å².